The highest BCUT2D eigenvalue weighted by Crippen LogP contribution is 2.33. The van der Waals surface area contributed by atoms with Crippen molar-refractivity contribution in [3.63, 3.8) is 0 Å². The fraction of sp³-hybridized carbons (Fsp3) is 0.217. The van der Waals surface area contributed by atoms with Gasteiger partial charge in [-0.05, 0) is 48.7 Å². The lowest BCUT2D eigenvalue weighted by atomic mass is 9.99. The van der Waals surface area contributed by atoms with E-state index in [4.69, 9.17) is 4.74 Å². The van der Waals surface area contributed by atoms with Gasteiger partial charge in [0, 0.05) is 37.1 Å². The van der Waals surface area contributed by atoms with E-state index in [1.807, 2.05) is 12.1 Å². The lowest BCUT2D eigenvalue weighted by Gasteiger charge is -2.30. The molecule has 0 spiro atoms. The van der Waals surface area contributed by atoms with E-state index in [2.05, 4.69) is 14.9 Å². The van der Waals surface area contributed by atoms with E-state index in [1.54, 1.807) is 30.6 Å². The van der Waals surface area contributed by atoms with Gasteiger partial charge in [-0.3, -0.25) is 4.98 Å². The summed E-state index contributed by atoms with van der Waals surface area (Å²) in [5.74, 6) is 0.00737. The van der Waals surface area contributed by atoms with Crippen LogP contribution in [0.1, 0.15) is 24.0 Å². The van der Waals surface area contributed by atoms with Gasteiger partial charge in [0.1, 0.15) is 11.6 Å². The summed E-state index contributed by atoms with van der Waals surface area (Å²) in [7, 11) is 0. The van der Waals surface area contributed by atoms with Gasteiger partial charge in [0.05, 0.1) is 17.4 Å². The number of hydrogen-bond donors (Lipinski definition) is 0. The molecule has 0 atom stereocenters. The highest BCUT2D eigenvalue weighted by Gasteiger charge is 2.30. The van der Waals surface area contributed by atoms with Gasteiger partial charge in [-0.15, -0.1) is 0 Å². The standard InChI is InChI=1S/C23H19F4N3O/c24-22(16-8-11-30(12-9-16)19-4-2-10-28-15-19)17-3-1-5-20(13-17)31-21-7-6-18(14-29-21)23(25,26)27/h1-7,10,13-15H,8-9,11-12H2. The Morgan fingerprint density at radius 1 is 0.968 bits per heavy atom. The molecule has 31 heavy (non-hydrogen) atoms. The minimum atomic E-state index is -4.46. The van der Waals surface area contributed by atoms with Crippen LogP contribution < -0.4 is 9.64 Å². The Labute approximate surface area is 176 Å². The Hall–Kier alpha value is -3.42. The molecule has 0 bridgehead atoms. The van der Waals surface area contributed by atoms with Crippen LogP contribution in [0, 0.1) is 0 Å². The van der Waals surface area contributed by atoms with E-state index in [0.717, 1.165) is 23.4 Å². The smallest absolute Gasteiger partial charge is 0.417 e. The number of hydrogen-bond acceptors (Lipinski definition) is 4. The maximum absolute atomic E-state index is 15.1. The SMILES string of the molecule is FC(=C1CCN(c2cccnc2)CC1)c1cccc(Oc2ccc(C(F)(F)F)cn2)c1. The average molecular weight is 429 g/mol. The molecule has 0 radical (unpaired) electrons. The fourth-order valence-electron chi connectivity index (χ4n) is 3.42. The Balaban J connectivity index is 1.45. The number of halogens is 4. The quantitative estimate of drug-likeness (QED) is 0.458. The molecule has 1 fully saturated rings. The van der Waals surface area contributed by atoms with Crippen LogP contribution >= 0.6 is 0 Å². The zero-order chi connectivity index (χ0) is 21.8. The van der Waals surface area contributed by atoms with Crippen LogP contribution in [0.4, 0.5) is 23.2 Å². The van der Waals surface area contributed by atoms with E-state index in [0.29, 0.717) is 43.4 Å². The molecule has 3 aromatic rings. The number of benzene rings is 1. The van der Waals surface area contributed by atoms with Crippen molar-refractivity contribution in [2.75, 3.05) is 18.0 Å². The third-order valence-electron chi connectivity index (χ3n) is 5.06. The van der Waals surface area contributed by atoms with Crippen molar-refractivity contribution in [1.82, 2.24) is 9.97 Å². The largest absolute Gasteiger partial charge is 0.439 e. The van der Waals surface area contributed by atoms with Gasteiger partial charge in [-0.1, -0.05) is 12.1 Å². The van der Waals surface area contributed by atoms with Crippen LogP contribution in [0.25, 0.3) is 5.83 Å². The fourth-order valence-corrected chi connectivity index (χ4v) is 3.42. The summed E-state index contributed by atoms with van der Waals surface area (Å²) >= 11 is 0. The third-order valence-corrected chi connectivity index (χ3v) is 5.06. The van der Waals surface area contributed by atoms with Crippen molar-refractivity contribution in [2.45, 2.75) is 19.0 Å². The van der Waals surface area contributed by atoms with E-state index < -0.39 is 11.7 Å². The summed E-state index contributed by atoms with van der Waals surface area (Å²) in [6.45, 7) is 1.39. The summed E-state index contributed by atoms with van der Waals surface area (Å²) in [6, 6.07) is 12.3. The van der Waals surface area contributed by atoms with Crippen molar-refractivity contribution >= 4 is 11.5 Å². The number of aromatic nitrogens is 2. The molecule has 3 heterocycles. The predicted octanol–water partition coefficient (Wildman–Crippen LogP) is 6.27. The van der Waals surface area contributed by atoms with E-state index >= 15 is 4.39 Å². The monoisotopic (exact) mass is 429 g/mol. The molecule has 1 saturated heterocycles. The topological polar surface area (TPSA) is 38.2 Å². The number of piperidine rings is 1. The van der Waals surface area contributed by atoms with Crippen molar-refractivity contribution in [2.24, 2.45) is 0 Å². The molecule has 8 heteroatoms. The second-order valence-corrected chi connectivity index (χ2v) is 7.13. The number of alkyl halides is 3. The first kappa shape index (κ1) is 20.8. The van der Waals surface area contributed by atoms with Crippen LogP contribution in [0.15, 0.2) is 72.7 Å². The highest BCUT2D eigenvalue weighted by molar-refractivity contribution is 5.64. The van der Waals surface area contributed by atoms with Crippen LogP contribution in [0.2, 0.25) is 0 Å². The van der Waals surface area contributed by atoms with Gasteiger partial charge in [0.2, 0.25) is 5.88 Å². The van der Waals surface area contributed by atoms with Gasteiger partial charge < -0.3 is 9.64 Å². The predicted molar refractivity (Wildman–Crippen MR) is 109 cm³/mol. The summed E-state index contributed by atoms with van der Waals surface area (Å²) in [5, 5.41) is 0. The maximum Gasteiger partial charge on any atom is 0.417 e. The number of anilines is 1. The second-order valence-electron chi connectivity index (χ2n) is 7.13. The molecule has 4 rings (SSSR count). The van der Waals surface area contributed by atoms with Crippen LogP contribution in [-0.2, 0) is 6.18 Å². The van der Waals surface area contributed by atoms with Crippen molar-refractivity contribution in [3.8, 4) is 11.6 Å². The van der Waals surface area contributed by atoms with Gasteiger partial charge in [-0.2, -0.15) is 13.2 Å². The van der Waals surface area contributed by atoms with Gasteiger partial charge in [0.15, 0.2) is 0 Å². The molecule has 0 N–H and O–H groups in total. The molecular weight excluding hydrogens is 410 g/mol. The van der Waals surface area contributed by atoms with Gasteiger partial charge >= 0.3 is 6.18 Å². The number of rotatable bonds is 4. The van der Waals surface area contributed by atoms with Crippen molar-refractivity contribution in [3.05, 3.63) is 83.8 Å². The Morgan fingerprint density at radius 3 is 2.42 bits per heavy atom. The number of nitrogens with zero attached hydrogens (tertiary/aromatic N) is 3. The highest BCUT2D eigenvalue weighted by atomic mass is 19.4. The van der Waals surface area contributed by atoms with Crippen LogP contribution in [-0.4, -0.2) is 23.1 Å². The lowest BCUT2D eigenvalue weighted by molar-refractivity contribution is -0.137. The molecule has 1 aliphatic heterocycles. The molecule has 4 nitrogen and oxygen atoms in total. The first-order valence-corrected chi connectivity index (χ1v) is 9.74. The van der Waals surface area contributed by atoms with Gasteiger partial charge in [0.25, 0.3) is 0 Å². The van der Waals surface area contributed by atoms with Gasteiger partial charge in [-0.25, -0.2) is 9.37 Å². The molecule has 0 aliphatic carbocycles. The normalized spacial score (nSPS) is 14.5. The Morgan fingerprint density at radius 2 is 1.77 bits per heavy atom. The molecule has 1 aliphatic rings. The molecule has 0 unspecified atom stereocenters. The molecule has 0 amide bonds. The minimum Gasteiger partial charge on any atom is -0.439 e. The summed E-state index contributed by atoms with van der Waals surface area (Å²) in [6.07, 6.45) is 0.929. The molecule has 160 valence electrons. The average Bonchev–Trinajstić information content (AvgIpc) is 2.79. The molecule has 0 saturated carbocycles. The third kappa shape index (κ3) is 5.02. The van der Waals surface area contributed by atoms with E-state index in [-0.39, 0.29) is 11.7 Å². The Bertz CT molecular complexity index is 1060. The summed E-state index contributed by atoms with van der Waals surface area (Å²) in [5.41, 5.74) is 1.25. The van der Waals surface area contributed by atoms with Crippen molar-refractivity contribution in [1.29, 1.82) is 0 Å². The van der Waals surface area contributed by atoms with Crippen molar-refractivity contribution < 1.29 is 22.3 Å². The molecular formula is C23H19F4N3O. The number of pyridine rings is 2. The lowest BCUT2D eigenvalue weighted by Crippen LogP contribution is -2.30. The minimum absolute atomic E-state index is 0.00277. The molecule has 1 aromatic carbocycles. The zero-order valence-corrected chi connectivity index (χ0v) is 16.4. The molecule has 2 aromatic heterocycles. The summed E-state index contributed by atoms with van der Waals surface area (Å²) in [4.78, 5) is 9.97. The summed E-state index contributed by atoms with van der Waals surface area (Å²) < 4.78 is 58.6. The maximum atomic E-state index is 15.1. The van der Waals surface area contributed by atoms with E-state index in [9.17, 15) is 13.2 Å². The first-order chi connectivity index (χ1) is 14.9. The Kier molecular flexibility index (Phi) is 5.88. The van der Waals surface area contributed by atoms with Crippen LogP contribution in [0.5, 0.6) is 11.6 Å². The second kappa shape index (κ2) is 8.75. The van der Waals surface area contributed by atoms with E-state index in [1.165, 1.54) is 6.07 Å². The van der Waals surface area contributed by atoms with Crippen LogP contribution in [0.3, 0.4) is 0 Å². The first-order valence-electron chi connectivity index (χ1n) is 9.74. The number of ether oxygens (including phenoxy) is 1. The zero-order valence-electron chi connectivity index (χ0n) is 16.4.